The van der Waals surface area contributed by atoms with E-state index in [0.29, 0.717) is 19.3 Å². The summed E-state index contributed by atoms with van der Waals surface area (Å²) in [6.07, 6.45) is 6.55. The van der Waals surface area contributed by atoms with Crippen LogP contribution in [0.15, 0.2) is 42.5 Å². The van der Waals surface area contributed by atoms with Crippen LogP contribution in [-0.4, -0.2) is 12.6 Å². The second-order valence-electron chi connectivity index (χ2n) is 6.77. The summed E-state index contributed by atoms with van der Waals surface area (Å²) in [5, 5.41) is 4.42. The van der Waals surface area contributed by atoms with Gasteiger partial charge in [0.1, 0.15) is 6.61 Å². The van der Waals surface area contributed by atoms with Gasteiger partial charge in [-0.25, -0.2) is 0 Å². The van der Waals surface area contributed by atoms with Gasteiger partial charge in [0, 0.05) is 28.7 Å². The van der Waals surface area contributed by atoms with Gasteiger partial charge in [-0.05, 0) is 31.9 Å². The lowest BCUT2D eigenvalue weighted by Gasteiger charge is -2.24. The maximum atomic E-state index is 6.27. The fraction of sp³-hybridized carbons (Fsp3) is 0.455. The van der Waals surface area contributed by atoms with Gasteiger partial charge in [-0.1, -0.05) is 61.2 Å². The highest BCUT2D eigenvalue weighted by Crippen LogP contribution is 2.33. The SMILES string of the molecule is CCOc1cccc(CNC2CCCCC2)c1OCc1ccccc1Cl. The normalized spacial score (nSPS) is 15.0. The second kappa shape index (κ2) is 9.84. The highest BCUT2D eigenvalue weighted by Gasteiger charge is 2.16. The molecule has 0 aromatic heterocycles. The Kier molecular flexibility index (Phi) is 7.22. The van der Waals surface area contributed by atoms with Crippen LogP contribution in [-0.2, 0) is 13.2 Å². The summed E-state index contributed by atoms with van der Waals surface area (Å²) in [4.78, 5) is 0. The molecule has 140 valence electrons. The van der Waals surface area contributed by atoms with Crippen molar-refractivity contribution in [2.45, 2.75) is 58.2 Å². The molecule has 4 heteroatoms. The molecule has 0 saturated heterocycles. The predicted molar refractivity (Wildman–Crippen MR) is 107 cm³/mol. The molecule has 0 amide bonds. The highest BCUT2D eigenvalue weighted by molar-refractivity contribution is 6.31. The Bertz CT molecular complexity index is 698. The quantitative estimate of drug-likeness (QED) is 0.640. The average Bonchev–Trinajstić information content (AvgIpc) is 2.68. The Labute approximate surface area is 161 Å². The van der Waals surface area contributed by atoms with Gasteiger partial charge in [-0.15, -0.1) is 0 Å². The molecule has 2 aromatic rings. The fourth-order valence-corrected chi connectivity index (χ4v) is 3.65. The van der Waals surface area contributed by atoms with E-state index >= 15 is 0 Å². The van der Waals surface area contributed by atoms with Crippen molar-refractivity contribution in [2.75, 3.05) is 6.61 Å². The maximum Gasteiger partial charge on any atom is 0.166 e. The first-order valence-corrected chi connectivity index (χ1v) is 10.00. The van der Waals surface area contributed by atoms with E-state index in [-0.39, 0.29) is 0 Å². The molecule has 1 fully saturated rings. The Hall–Kier alpha value is -1.71. The van der Waals surface area contributed by atoms with Gasteiger partial charge in [0.25, 0.3) is 0 Å². The number of nitrogens with one attached hydrogen (secondary N) is 1. The van der Waals surface area contributed by atoms with Crippen LogP contribution in [0.1, 0.15) is 50.2 Å². The Morgan fingerprint density at radius 3 is 2.50 bits per heavy atom. The van der Waals surface area contributed by atoms with Crippen molar-refractivity contribution in [1.29, 1.82) is 0 Å². The molecule has 0 unspecified atom stereocenters. The second-order valence-corrected chi connectivity index (χ2v) is 7.18. The van der Waals surface area contributed by atoms with Gasteiger partial charge in [-0.2, -0.15) is 0 Å². The van der Waals surface area contributed by atoms with Crippen molar-refractivity contribution in [1.82, 2.24) is 5.32 Å². The number of benzene rings is 2. The van der Waals surface area contributed by atoms with Crippen LogP contribution in [0.2, 0.25) is 5.02 Å². The molecule has 1 aliphatic rings. The molecular weight excluding hydrogens is 346 g/mol. The van der Waals surface area contributed by atoms with Crippen LogP contribution in [0.4, 0.5) is 0 Å². The summed E-state index contributed by atoms with van der Waals surface area (Å²) in [7, 11) is 0. The minimum Gasteiger partial charge on any atom is -0.490 e. The van der Waals surface area contributed by atoms with E-state index in [2.05, 4.69) is 11.4 Å². The molecular formula is C22H28ClNO2. The third kappa shape index (κ3) is 5.15. The van der Waals surface area contributed by atoms with Crippen molar-refractivity contribution >= 4 is 11.6 Å². The van der Waals surface area contributed by atoms with Crippen molar-refractivity contribution in [2.24, 2.45) is 0 Å². The van der Waals surface area contributed by atoms with Gasteiger partial charge in [0.2, 0.25) is 0 Å². The zero-order chi connectivity index (χ0) is 18.2. The molecule has 1 aliphatic carbocycles. The minimum atomic E-state index is 0.431. The maximum absolute atomic E-state index is 6.27. The molecule has 2 aromatic carbocycles. The van der Waals surface area contributed by atoms with E-state index in [1.54, 1.807) is 0 Å². The lowest BCUT2D eigenvalue weighted by atomic mass is 9.95. The van der Waals surface area contributed by atoms with Crippen LogP contribution in [0.25, 0.3) is 0 Å². The number of para-hydroxylation sites is 1. The molecule has 0 aliphatic heterocycles. The molecule has 1 saturated carbocycles. The molecule has 0 heterocycles. The summed E-state index contributed by atoms with van der Waals surface area (Å²) >= 11 is 6.27. The monoisotopic (exact) mass is 373 g/mol. The first-order chi connectivity index (χ1) is 12.8. The molecule has 3 nitrogen and oxygen atoms in total. The van der Waals surface area contributed by atoms with Crippen LogP contribution in [0.3, 0.4) is 0 Å². The van der Waals surface area contributed by atoms with Crippen LogP contribution < -0.4 is 14.8 Å². The van der Waals surface area contributed by atoms with E-state index in [1.807, 2.05) is 43.3 Å². The Morgan fingerprint density at radius 2 is 1.73 bits per heavy atom. The van der Waals surface area contributed by atoms with Gasteiger partial charge in [-0.3, -0.25) is 0 Å². The van der Waals surface area contributed by atoms with Crippen molar-refractivity contribution < 1.29 is 9.47 Å². The number of halogens is 1. The van der Waals surface area contributed by atoms with E-state index in [4.69, 9.17) is 21.1 Å². The van der Waals surface area contributed by atoms with E-state index in [1.165, 1.54) is 32.1 Å². The molecule has 0 bridgehead atoms. The Balaban J connectivity index is 1.73. The number of rotatable bonds is 8. The molecule has 3 rings (SSSR count). The van der Waals surface area contributed by atoms with E-state index in [0.717, 1.165) is 34.2 Å². The summed E-state index contributed by atoms with van der Waals surface area (Å²) < 4.78 is 12.0. The molecule has 26 heavy (non-hydrogen) atoms. The standard InChI is InChI=1S/C22H28ClNO2/c1-2-25-21-14-8-10-17(15-24-19-11-4-3-5-12-19)22(21)26-16-18-9-6-7-13-20(18)23/h6-10,13-14,19,24H,2-5,11-12,15-16H2,1H3. The van der Waals surface area contributed by atoms with Gasteiger partial charge < -0.3 is 14.8 Å². The topological polar surface area (TPSA) is 30.5 Å². The summed E-state index contributed by atoms with van der Waals surface area (Å²) in [6.45, 7) is 3.83. The number of hydrogen-bond donors (Lipinski definition) is 1. The summed E-state index contributed by atoms with van der Waals surface area (Å²) in [6, 6.07) is 14.5. The van der Waals surface area contributed by atoms with Crippen LogP contribution in [0.5, 0.6) is 11.5 Å². The van der Waals surface area contributed by atoms with Gasteiger partial charge >= 0.3 is 0 Å². The molecule has 0 spiro atoms. The van der Waals surface area contributed by atoms with E-state index in [9.17, 15) is 0 Å². The van der Waals surface area contributed by atoms with Crippen molar-refractivity contribution in [3.63, 3.8) is 0 Å². The average molecular weight is 374 g/mol. The van der Waals surface area contributed by atoms with Crippen LogP contribution in [0, 0.1) is 0 Å². The smallest absolute Gasteiger partial charge is 0.166 e. The lowest BCUT2D eigenvalue weighted by Crippen LogP contribution is -2.30. The third-order valence-electron chi connectivity index (χ3n) is 4.88. The van der Waals surface area contributed by atoms with Gasteiger partial charge in [0.05, 0.1) is 6.61 Å². The summed E-state index contributed by atoms with van der Waals surface area (Å²) in [5.41, 5.74) is 2.11. The number of hydrogen-bond acceptors (Lipinski definition) is 3. The van der Waals surface area contributed by atoms with Crippen LogP contribution >= 0.6 is 11.6 Å². The molecule has 0 atom stereocenters. The van der Waals surface area contributed by atoms with Crippen molar-refractivity contribution in [3.05, 3.63) is 58.6 Å². The van der Waals surface area contributed by atoms with Gasteiger partial charge in [0.15, 0.2) is 11.5 Å². The summed E-state index contributed by atoms with van der Waals surface area (Å²) in [5.74, 6) is 1.61. The largest absolute Gasteiger partial charge is 0.490 e. The Morgan fingerprint density at radius 1 is 0.962 bits per heavy atom. The fourth-order valence-electron chi connectivity index (χ4n) is 3.46. The minimum absolute atomic E-state index is 0.431. The highest BCUT2D eigenvalue weighted by atomic mass is 35.5. The lowest BCUT2D eigenvalue weighted by molar-refractivity contribution is 0.265. The number of ether oxygens (including phenoxy) is 2. The van der Waals surface area contributed by atoms with E-state index < -0.39 is 0 Å². The molecule has 0 radical (unpaired) electrons. The third-order valence-corrected chi connectivity index (χ3v) is 5.25. The predicted octanol–water partition coefficient (Wildman–Crippen LogP) is 5.74. The zero-order valence-electron chi connectivity index (χ0n) is 15.5. The zero-order valence-corrected chi connectivity index (χ0v) is 16.2. The first kappa shape index (κ1) is 19.1. The molecule has 1 N–H and O–H groups in total. The first-order valence-electron chi connectivity index (χ1n) is 9.62. The van der Waals surface area contributed by atoms with Crippen molar-refractivity contribution in [3.8, 4) is 11.5 Å².